The van der Waals surface area contributed by atoms with Gasteiger partial charge in [-0.3, -0.25) is 4.79 Å². The molecule has 2 heterocycles. The lowest BCUT2D eigenvalue weighted by atomic mass is 10.1. The molecule has 0 aromatic carbocycles. The monoisotopic (exact) mass is 233 g/mol. The Balaban J connectivity index is 1.70. The average molecular weight is 233 g/mol. The zero-order valence-electron chi connectivity index (χ0n) is 10.1. The summed E-state index contributed by atoms with van der Waals surface area (Å²) in [4.78, 5) is 14.0. The minimum Gasteiger partial charge on any atom is -0.465 e. The summed E-state index contributed by atoms with van der Waals surface area (Å²) in [6, 6.07) is 3.66. The highest BCUT2D eigenvalue weighted by atomic mass is 16.3. The molecular weight excluding hydrogens is 214 g/mol. The number of hydrogen-bond donors (Lipinski definition) is 0. The van der Waals surface area contributed by atoms with Crippen LogP contribution in [-0.4, -0.2) is 30.3 Å². The first-order valence-electron chi connectivity index (χ1n) is 6.31. The number of piperidine rings is 1. The van der Waals surface area contributed by atoms with E-state index in [0.29, 0.717) is 6.42 Å². The van der Waals surface area contributed by atoms with Gasteiger partial charge in [-0.15, -0.1) is 0 Å². The van der Waals surface area contributed by atoms with Crippen LogP contribution in [0, 0.1) is 0 Å². The molecule has 0 amide bonds. The molecule has 92 valence electrons. The van der Waals surface area contributed by atoms with E-state index in [9.17, 15) is 4.79 Å². The Bertz CT molecular complexity index is 362. The van der Waals surface area contributed by atoms with Gasteiger partial charge in [-0.2, -0.15) is 0 Å². The molecule has 3 nitrogen and oxygen atoms in total. The van der Waals surface area contributed by atoms with E-state index >= 15 is 0 Å². The summed E-state index contributed by atoms with van der Waals surface area (Å²) >= 11 is 0. The van der Waals surface area contributed by atoms with Crippen molar-refractivity contribution in [2.24, 2.45) is 0 Å². The number of carbonyl (C=O) groups is 1. The van der Waals surface area contributed by atoms with Gasteiger partial charge < -0.3 is 9.32 Å². The van der Waals surface area contributed by atoms with Crippen LogP contribution < -0.4 is 0 Å². The van der Waals surface area contributed by atoms with Crippen LogP contribution in [-0.2, 0) is 4.79 Å². The van der Waals surface area contributed by atoms with Gasteiger partial charge in [-0.1, -0.05) is 6.42 Å². The minimum absolute atomic E-state index is 0.173. The maximum Gasteiger partial charge on any atom is 0.157 e. The number of nitrogens with zero attached hydrogens (tertiary/aromatic N) is 1. The van der Waals surface area contributed by atoms with Gasteiger partial charge in [0.1, 0.15) is 5.76 Å². The van der Waals surface area contributed by atoms with Crippen LogP contribution in [0.2, 0.25) is 0 Å². The lowest BCUT2D eigenvalue weighted by Crippen LogP contribution is -2.31. The molecule has 3 heteroatoms. The Kier molecular flexibility index (Phi) is 4.56. The lowest BCUT2D eigenvalue weighted by molar-refractivity contribution is -0.114. The maximum absolute atomic E-state index is 11.6. The molecule has 0 bridgehead atoms. The summed E-state index contributed by atoms with van der Waals surface area (Å²) in [5.41, 5.74) is 0. The molecule has 0 spiro atoms. The van der Waals surface area contributed by atoms with Crippen LogP contribution in [0.4, 0.5) is 0 Å². The third-order valence-electron chi connectivity index (χ3n) is 3.10. The molecular formula is C14H19NO2. The standard InChI is InChI=1S/C14H19NO2/c16-13(6-7-14-5-4-12-17-14)8-11-15-9-2-1-3-10-15/h4-7,12H,1-3,8-11H2/b7-6-. The Morgan fingerprint density at radius 3 is 2.88 bits per heavy atom. The normalized spacial score (nSPS) is 17.6. The molecule has 1 saturated heterocycles. The molecule has 0 N–H and O–H groups in total. The highest BCUT2D eigenvalue weighted by Crippen LogP contribution is 2.09. The highest BCUT2D eigenvalue weighted by Gasteiger charge is 2.10. The fraction of sp³-hybridized carbons (Fsp3) is 0.500. The van der Waals surface area contributed by atoms with Crippen molar-refractivity contribution in [3.63, 3.8) is 0 Å². The molecule has 0 aliphatic carbocycles. The predicted octanol–water partition coefficient (Wildman–Crippen LogP) is 2.74. The van der Waals surface area contributed by atoms with Crippen molar-refractivity contribution in [1.82, 2.24) is 4.90 Å². The maximum atomic E-state index is 11.6. The van der Waals surface area contributed by atoms with Crippen molar-refractivity contribution in [3.05, 3.63) is 30.2 Å². The summed E-state index contributed by atoms with van der Waals surface area (Å²) in [5, 5.41) is 0. The SMILES string of the molecule is O=C(/C=C\c1ccco1)CCN1CCCCC1. The minimum atomic E-state index is 0.173. The summed E-state index contributed by atoms with van der Waals surface area (Å²) in [7, 11) is 0. The summed E-state index contributed by atoms with van der Waals surface area (Å²) in [6.07, 6.45) is 9.45. The number of hydrogen-bond acceptors (Lipinski definition) is 3. The summed E-state index contributed by atoms with van der Waals surface area (Å²) in [6.45, 7) is 3.19. The van der Waals surface area contributed by atoms with Crippen molar-refractivity contribution in [3.8, 4) is 0 Å². The molecule has 1 aliphatic rings. The topological polar surface area (TPSA) is 33.5 Å². The van der Waals surface area contributed by atoms with Gasteiger partial charge in [0.05, 0.1) is 6.26 Å². The zero-order valence-corrected chi connectivity index (χ0v) is 10.1. The third-order valence-corrected chi connectivity index (χ3v) is 3.10. The zero-order chi connectivity index (χ0) is 11.9. The molecule has 0 saturated carbocycles. The van der Waals surface area contributed by atoms with E-state index in [4.69, 9.17) is 4.42 Å². The van der Waals surface area contributed by atoms with Crippen molar-refractivity contribution < 1.29 is 9.21 Å². The second-order valence-corrected chi connectivity index (χ2v) is 4.47. The van der Waals surface area contributed by atoms with Crippen LogP contribution >= 0.6 is 0 Å². The van der Waals surface area contributed by atoms with E-state index in [1.165, 1.54) is 19.3 Å². The van der Waals surface area contributed by atoms with Crippen molar-refractivity contribution in [2.75, 3.05) is 19.6 Å². The Labute approximate surface area is 102 Å². The molecule has 0 atom stereocenters. The van der Waals surface area contributed by atoms with Gasteiger partial charge in [0, 0.05) is 13.0 Å². The number of carbonyl (C=O) groups excluding carboxylic acids is 1. The van der Waals surface area contributed by atoms with E-state index < -0.39 is 0 Å². The summed E-state index contributed by atoms with van der Waals surface area (Å²) in [5.74, 6) is 0.906. The fourth-order valence-corrected chi connectivity index (χ4v) is 2.10. The van der Waals surface area contributed by atoms with E-state index in [0.717, 1.165) is 25.4 Å². The van der Waals surface area contributed by atoms with Crippen molar-refractivity contribution in [2.45, 2.75) is 25.7 Å². The first-order chi connectivity index (χ1) is 8.34. The molecule has 1 aromatic rings. The Hall–Kier alpha value is -1.35. The Morgan fingerprint density at radius 1 is 1.35 bits per heavy atom. The molecule has 1 fully saturated rings. The van der Waals surface area contributed by atoms with Gasteiger partial charge in [0.15, 0.2) is 5.78 Å². The molecule has 1 aromatic heterocycles. The lowest BCUT2D eigenvalue weighted by Gasteiger charge is -2.25. The molecule has 0 unspecified atom stereocenters. The van der Waals surface area contributed by atoms with E-state index in [2.05, 4.69) is 4.90 Å². The first-order valence-corrected chi connectivity index (χ1v) is 6.31. The highest BCUT2D eigenvalue weighted by molar-refractivity contribution is 5.93. The second kappa shape index (κ2) is 6.40. The van der Waals surface area contributed by atoms with Gasteiger partial charge in [0.2, 0.25) is 0 Å². The van der Waals surface area contributed by atoms with Gasteiger partial charge in [-0.25, -0.2) is 0 Å². The van der Waals surface area contributed by atoms with Crippen LogP contribution in [0.1, 0.15) is 31.4 Å². The molecule has 17 heavy (non-hydrogen) atoms. The van der Waals surface area contributed by atoms with Crippen LogP contribution in [0.15, 0.2) is 28.9 Å². The second-order valence-electron chi connectivity index (χ2n) is 4.47. The van der Waals surface area contributed by atoms with Gasteiger partial charge >= 0.3 is 0 Å². The van der Waals surface area contributed by atoms with Crippen LogP contribution in [0.5, 0.6) is 0 Å². The molecule has 1 aliphatic heterocycles. The third kappa shape index (κ3) is 4.19. The van der Waals surface area contributed by atoms with Gasteiger partial charge in [-0.05, 0) is 50.2 Å². The van der Waals surface area contributed by atoms with E-state index in [1.807, 2.05) is 12.1 Å². The predicted molar refractivity (Wildman–Crippen MR) is 67.7 cm³/mol. The van der Waals surface area contributed by atoms with Crippen LogP contribution in [0.25, 0.3) is 6.08 Å². The van der Waals surface area contributed by atoms with Crippen molar-refractivity contribution >= 4 is 11.9 Å². The number of furan rings is 1. The number of likely N-dealkylation sites (tertiary alicyclic amines) is 1. The van der Waals surface area contributed by atoms with Crippen molar-refractivity contribution in [1.29, 1.82) is 0 Å². The smallest absolute Gasteiger partial charge is 0.157 e. The number of allylic oxidation sites excluding steroid dienone is 1. The quantitative estimate of drug-likeness (QED) is 0.733. The van der Waals surface area contributed by atoms with Gasteiger partial charge in [0.25, 0.3) is 0 Å². The van der Waals surface area contributed by atoms with E-state index in [1.54, 1.807) is 18.4 Å². The fourth-order valence-electron chi connectivity index (χ4n) is 2.10. The Morgan fingerprint density at radius 2 is 2.18 bits per heavy atom. The number of rotatable bonds is 5. The average Bonchev–Trinajstić information content (AvgIpc) is 2.88. The molecule has 0 radical (unpaired) electrons. The largest absolute Gasteiger partial charge is 0.465 e. The number of ketones is 1. The first kappa shape index (κ1) is 12.1. The van der Waals surface area contributed by atoms with Crippen LogP contribution in [0.3, 0.4) is 0 Å². The van der Waals surface area contributed by atoms with E-state index in [-0.39, 0.29) is 5.78 Å². The summed E-state index contributed by atoms with van der Waals surface area (Å²) < 4.78 is 5.13. The molecule has 2 rings (SSSR count).